The maximum Gasteiger partial charge on any atom is 0.446 e. The molecule has 2 aliphatic rings. The van der Waals surface area contributed by atoms with Gasteiger partial charge in [0.15, 0.2) is 0 Å². The van der Waals surface area contributed by atoms with E-state index in [-0.39, 0.29) is 6.10 Å². The van der Waals surface area contributed by atoms with Crippen molar-refractivity contribution in [1.82, 2.24) is 10.3 Å². The van der Waals surface area contributed by atoms with Gasteiger partial charge in [0.25, 0.3) is 0 Å². The number of halogens is 3. The fourth-order valence-corrected chi connectivity index (χ4v) is 5.00. The van der Waals surface area contributed by atoms with Crippen LogP contribution >= 0.6 is 0 Å². The molecule has 186 valence electrons. The molecule has 0 bridgehead atoms. The molecule has 0 unspecified atom stereocenters. The van der Waals surface area contributed by atoms with Crippen LogP contribution in [0.2, 0.25) is 0 Å². The third kappa shape index (κ3) is 6.82. The zero-order valence-corrected chi connectivity index (χ0v) is 19.7. The number of carbonyl (C=O) groups is 1. The average molecular weight is 485 g/mol. The second-order valence-electron chi connectivity index (χ2n) is 9.22. The molecule has 35 heavy (non-hydrogen) atoms. The quantitative estimate of drug-likeness (QED) is 0.413. The van der Waals surface area contributed by atoms with Gasteiger partial charge in [-0.25, -0.2) is 0 Å². The van der Waals surface area contributed by atoms with Gasteiger partial charge < -0.3 is 10.1 Å². The van der Waals surface area contributed by atoms with Crippen LogP contribution in [0, 0.1) is 0 Å². The van der Waals surface area contributed by atoms with Crippen LogP contribution in [0.4, 0.5) is 13.2 Å². The second kappa shape index (κ2) is 11.7. The van der Waals surface area contributed by atoms with Crippen molar-refractivity contribution in [2.75, 3.05) is 13.1 Å². The number of aldehydes is 1. The summed E-state index contributed by atoms with van der Waals surface area (Å²) in [4.78, 5) is 13.0. The zero-order chi connectivity index (χ0) is 24.7. The van der Waals surface area contributed by atoms with Crippen molar-refractivity contribution in [3.8, 4) is 16.9 Å². The summed E-state index contributed by atoms with van der Waals surface area (Å²) in [5.41, 5.74) is 3.94. The monoisotopic (exact) mass is 484 g/mol. The molecule has 0 radical (unpaired) electrons. The van der Waals surface area contributed by atoms with E-state index < -0.39 is 12.5 Å². The highest BCUT2D eigenvalue weighted by atomic mass is 19.4. The highest BCUT2D eigenvalue weighted by molar-refractivity contribution is 5.99. The number of piperidine rings is 1. The van der Waals surface area contributed by atoms with Crippen LogP contribution in [-0.2, 0) is 4.79 Å². The summed E-state index contributed by atoms with van der Waals surface area (Å²) in [5, 5.41) is 5.81. The fraction of sp³-hybridized carbons (Fsp3) is 0.429. The van der Waals surface area contributed by atoms with Crippen molar-refractivity contribution >= 4 is 17.1 Å². The molecular formula is C28H31F3N2O2. The standard InChI is InChI=1S/C26H30N2O.C2HF3O/c1-2-4-19(5-3-1)20-6-8-21(9-7-20)26-24-14-17-28-18-22(24)10-11-25(26)29-23-12-15-27-16-13-23;3-2(4,5)1-6/h6-11,14,17-19,23,27H,1-5,12-13,15-16H2;1H. The van der Waals surface area contributed by atoms with Crippen molar-refractivity contribution < 1.29 is 22.7 Å². The smallest absolute Gasteiger partial charge is 0.446 e. The van der Waals surface area contributed by atoms with Crippen molar-refractivity contribution in [3.05, 3.63) is 60.4 Å². The first-order chi connectivity index (χ1) is 16.9. The molecule has 3 aromatic rings. The van der Waals surface area contributed by atoms with E-state index in [1.807, 2.05) is 12.4 Å². The predicted molar refractivity (Wildman–Crippen MR) is 132 cm³/mol. The Balaban J connectivity index is 0.000000431. The number of nitrogens with zero attached hydrogens (tertiary/aromatic N) is 1. The van der Waals surface area contributed by atoms with Gasteiger partial charge in [0.05, 0.1) is 0 Å². The van der Waals surface area contributed by atoms with E-state index in [0.717, 1.165) is 43.0 Å². The molecule has 2 fully saturated rings. The highest BCUT2D eigenvalue weighted by Gasteiger charge is 2.25. The van der Waals surface area contributed by atoms with E-state index in [4.69, 9.17) is 9.53 Å². The number of hydrogen-bond acceptors (Lipinski definition) is 4. The van der Waals surface area contributed by atoms with Gasteiger partial charge in [-0.05, 0) is 79.4 Å². The number of hydrogen-bond donors (Lipinski definition) is 1. The van der Waals surface area contributed by atoms with E-state index in [0.29, 0.717) is 0 Å². The summed E-state index contributed by atoms with van der Waals surface area (Å²) in [7, 11) is 0. The Morgan fingerprint density at radius 2 is 1.60 bits per heavy atom. The number of rotatable bonds is 4. The lowest BCUT2D eigenvalue weighted by molar-refractivity contribution is -0.156. The van der Waals surface area contributed by atoms with Crippen molar-refractivity contribution in [3.63, 3.8) is 0 Å². The summed E-state index contributed by atoms with van der Waals surface area (Å²) in [5.74, 6) is 1.74. The van der Waals surface area contributed by atoms with Crippen LogP contribution in [0.1, 0.15) is 56.4 Å². The number of ether oxygens (including phenoxy) is 1. The minimum atomic E-state index is -4.64. The number of nitrogens with one attached hydrogen (secondary N) is 1. The minimum Gasteiger partial charge on any atom is -0.490 e. The van der Waals surface area contributed by atoms with Crippen molar-refractivity contribution in [2.24, 2.45) is 0 Å². The fourth-order valence-electron chi connectivity index (χ4n) is 5.00. The van der Waals surface area contributed by atoms with Gasteiger partial charge in [-0.3, -0.25) is 9.78 Å². The number of pyridine rings is 1. The lowest BCUT2D eigenvalue weighted by Crippen LogP contribution is -2.34. The minimum absolute atomic E-state index is 0.288. The summed E-state index contributed by atoms with van der Waals surface area (Å²) >= 11 is 0. The van der Waals surface area contributed by atoms with Crippen LogP contribution in [0.25, 0.3) is 21.9 Å². The number of benzene rings is 2. The Hall–Kier alpha value is -2.93. The summed E-state index contributed by atoms with van der Waals surface area (Å²) in [6, 6.07) is 15.7. The maximum absolute atomic E-state index is 10.4. The maximum atomic E-state index is 10.4. The van der Waals surface area contributed by atoms with E-state index in [1.54, 1.807) is 0 Å². The summed E-state index contributed by atoms with van der Waals surface area (Å²) in [6.45, 7) is 2.07. The topological polar surface area (TPSA) is 51.2 Å². The Morgan fingerprint density at radius 3 is 2.26 bits per heavy atom. The first kappa shape index (κ1) is 25.2. The molecule has 1 N–H and O–H groups in total. The van der Waals surface area contributed by atoms with E-state index in [9.17, 15) is 13.2 Å². The van der Waals surface area contributed by atoms with Crippen molar-refractivity contribution in [1.29, 1.82) is 0 Å². The molecule has 1 saturated carbocycles. The van der Waals surface area contributed by atoms with Gasteiger partial charge in [-0.1, -0.05) is 43.5 Å². The number of aromatic nitrogens is 1. The Labute approximate surface area is 203 Å². The molecule has 1 aliphatic heterocycles. The SMILES string of the molecule is O=CC(F)(F)F.c1cc2c(-c3ccc(C4CCCCC4)cc3)c(OC3CCNCC3)ccc2cn1. The first-order valence-electron chi connectivity index (χ1n) is 12.3. The summed E-state index contributed by atoms with van der Waals surface area (Å²) < 4.78 is 37.8. The molecule has 7 heteroatoms. The van der Waals surface area contributed by atoms with Gasteiger partial charge in [0.1, 0.15) is 11.9 Å². The third-order valence-corrected chi connectivity index (χ3v) is 6.77. The third-order valence-electron chi connectivity index (χ3n) is 6.77. The van der Waals surface area contributed by atoms with E-state index >= 15 is 0 Å². The van der Waals surface area contributed by atoms with Gasteiger partial charge in [0.2, 0.25) is 6.29 Å². The lowest BCUT2D eigenvalue weighted by atomic mass is 9.83. The van der Waals surface area contributed by atoms with Crippen LogP contribution in [0.3, 0.4) is 0 Å². The Morgan fingerprint density at radius 1 is 0.914 bits per heavy atom. The molecule has 1 aliphatic carbocycles. The first-order valence-corrected chi connectivity index (χ1v) is 12.3. The summed E-state index contributed by atoms with van der Waals surface area (Å²) in [6.07, 6.45) is 7.36. The van der Waals surface area contributed by atoms with E-state index in [2.05, 4.69) is 52.8 Å². The Bertz CT molecular complexity index is 1100. The number of alkyl halides is 3. The van der Waals surface area contributed by atoms with E-state index in [1.165, 1.54) is 54.2 Å². The van der Waals surface area contributed by atoms with Crippen LogP contribution in [-0.4, -0.2) is 36.6 Å². The van der Waals surface area contributed by atoms with Gasteiger partial charge in [0, 0.05) is 23.3 Å². The molecule has 0 atom stereocenters. The highest BCUT2D eigenvalue weighted by Crippen LogP contribution is 2.39. The van der Waals surface area contributed by atoms with Crippen LogP contribution in [0.15, 0.2) is 54.9 Å². The average Bonchev–Trinajstić information content (AvgIpc) is 2.90. The predicted octanol–water partition coefficient (Wildman–Crippen LogP) is 6.83. The van der Waals surface area contributed by atoms with Crippen molar-refractivity contribution in [2.45, 2.75) is 63.1 Å². The molecule has 2 heterocycles. The van der Waals surface area contributed by atoms with Gasteiger partial charge in [-0.2, -0.15) is 13.2 Å². The number of fused-ring (bicyclic) bond motifs is 1. The van der Waals surface area contributed by atoms with Gasteiger partial charge in [-0.15, -0.1) is 0 Å². The molecular weight excluding hydrogens is 453 g/mol. The molecule has 0 amide bonds. The molecule has 5 rings (SSSR count). The largest absolute Gasteiger partial charge is 0.490 e. The Kier molecular flexibility index (Phi) is 8.39. The van der Waals surface area contributed by atoms with Crippen LogP contribution in [0.5, 0.6) is 5.75 Å². The number of carbonyl (C=O) groups excluding carboxylic acids is 1. The van der Waals surface area contributed by atoms with Gasteiger partial charge >= 0.3 is 6.18 Å². The molecule has 0 spiro atoms. The van der Waals surface area contributed by atoms with Crippen LogP contribution < -0.4 is 10.1 Å². The molecule has 4 nitrogen and oxygen atoms in total. The molecule has 2 aromatic carbocycles. The normalized spacial score (nSPS) is 17.5. The second-order valence-corrected chi connectivity index (χ2v) is 9.22. The zero-order valence-electron chi connectivity index (χ0n) is 19.7. The molecule has 1 aromatic heterocycles. The lowest BCUT2D eigenvalue weighted by Gasteiger charge is -2.26. The molecule has 1 saturated heterocycles.